The van der Waals surface area contributed by atoms with Gasteiger partial charge in [0.15, 0.2) is 0 Å². The van der Waals surface area contributed by atoms with Crippen LogP contribution in [0.2, 0.25) is 0 Å². The van der Waals surface area contributed by atoms with Crippen LogP contribution < -0.4 is 10.6 Å². The van der Waals surface area contributed by atoms with Gasteiger partial charge in [0.25, 0.3) is 5.91 Å². The molecule has 7 nitrogen and oxygen atoms in total. The number of carbonyl (C=O) groups is 2. The molecule has 140 valence electrons. The van der Waals surface area contributed by atoms with E-state index in [-0.39, 0.29) is 22.8 Å². The highest BCUT2D eigenvalue weighted by atomic mass is 19.1. The van der Waals surface area contributed by atoms with E-state index in [4.69, 9.17) is 0 Å². The number of anilines is 2. The number of amides is 1. The van der Waals surface area contributed by atoms with Crippen LogP contribution in [0.25, 0.3) is 0 Å². The standard InChI is InChI=1S/C20H15FN4O3/c21-13-7-4-8-14(9-13)23-19(26)15-11-22-25-17(12-5-2-1-3-6-12)10-16(20(27)28)24-18(15)25/h1-11,17,24H,(H,23,26)(H,27,28)/t17-/m1/s1. The lowest BCUT2D eigenvalue weighted by Gasteiger charge is -2.24. The van der Waals surface area contributed by atoms with Crippen LogP contribution in [0.5, 0.6) is 0 Å². The topological polar surface area (TPSA) is 96.2 Å². The molecular formula is C20H15FN4O3. The molecule has 0 bridgehead atoms. The van der Waals surface area contributed by atoms with Gasteiger partial charge in [0.05, 0.1) is 12.2 Å². The second-order valence-corrected chi connectivity index (χ2v) is 6.18. The number of carboxylic acids is 1. The fourth-order valence-corrected chi connectivity index (χ4v) is 3.04. The third-order valence-corrected chi connectivity index (χ3v) is 4.34. The number of fused-ring (bicyclic) bond motifs is 1. The molecule has 0 saturated heterocycles. The number of carbonyl (C=O) groups excluding carboxylic acids is 1. The zero-order chi connectivity index (χ0) is 19.7. The second-order valence-electron chi connectivity index (χ2n) is 6.18. The highest BCUT2D eigenvalue weighted by Gasteiger charge is 2.29. The van der Waals surface area contributed by atoms with E-state index in [9.17, 15) is 19.1 Å². The van der Waals surface area contributed by atoms with Crippen LogP contribution >= 0.6 is 0 Å². The van der Waals surface area contributed by atoms with Gasteiger partial charge in [-0.3, -0.25) is 4.79 Å². The molecule has 1 aromatic heterocycles. The first-order valence-corrected chi connectivity index (χ1v) is 8.44. The molecule has 1 atom stereocenters. The molecule has 3 N–H and O–H groups in total. The number of hydrogen-bond donors (Lipinski definition) is 3. The summed E-state index contributed by atoms with van der Waals surface area (Å²) in [5.41, 5.74) is 1.21. The average molecular weight is 378 g/mol. The number of carboxylic acid groups (broad SMARTS) is 1. The Morgan fingerprint density at radius 2 is 1.93 bits per heavy atom. The molecule has 2 heterocycles. The van der Waals surface area contributed by atoms with Gasteiger partial charge in [-0.05, 0) is 29.8 Å². The van der Waals surface area contributed by atoms with E-state index in [2.05, 4.69) is 15.7 Å². The Bertz CT molecular complexity index is 1090. The number of halogens is 1. The van der Waals surface area contributed by atoms with Crippen molar-refractivity contribution >= 4 is 23.4 Å². The summed E-state index contributed by atoms with van der Waals surface area (Å²) < 4.78 is 14.9. The van der Waals surface area contributed by atoms with Crippen molar-refractivity contribution in [2.45, 2.75) is 6.04 Å². The van der Waals surface area contributed by atoms with E-state index in [1.807, 2.05) is 30.3 Å². The van der Waals surface area contributed by atoms with Crippen LogP contribution in [-0.2, 0) is 4.79 Å². The molecule has 1 aliphatic heterocycles. The number of nitrogens with one attached hydrogen (secondary N) is 2. The Labute approximate surface area is 159 Å². The number of hydrogen-bond acceptors (Lipinski definition) is 4. The summed E-state index contributed by atoms with van der Waals surface area (Å²) >= 11 is 0. The van der Waals surface area contributed by atoms with Crippen molar-refractivity contribution in [2.24, 2.45) is 0 Å². The van der Waals surface area contributed by atoms with Crippen molar-refractivity contribution in [3.05, 3.63) is 89.5 Å². The van der Waals surface area contributed by atoms with Gasteiger partial charge in [-0.25, -0.2) is 13.9 Å². The first-order chi connectivity index (χ1) is 13.5. The summed E-state index contributed by atoms with van der Waals surface area (Å²) in [5, 5.41) is 19.1. The predicted molar refractivity (Wildman–Crippen MR) is 101 cm³/mol. The SMILES string of the molecule is O=C(O)C1=C[C@H](c2ccccc2)n2ncc(C(=O)Nc3cccc(F)c3)c2N1. The molecule has 8 heteroatoms. The van der Waals surface area contributed by atoms with Crippen LogP contribution in [0.3, 0.4) is 0 Å². The maximum absolute atomic E-state index is 13.4. The molecule has 0 aliphatic carbocycles. The summed E-state index contributed by atoms with van der Waals surface area (Å²) in [7, 11) is 0. The van der Waals surface area contributed by atoms with Gasteiger partial charge in [0.1, 0.15) is 22.9 Å². The second kappa shape index (κ2) is 6.99. The van der Waals surface area contributed by atoms with Crippen molar-refractivity contribution in [3.8, 4) is 0 Å². The number of aromatic nitrogens is 2. The van der Waals surface area contributed by atoms with Crippen LogP contribution in [0.1, 0.15) is 22.0 Å². The highest BCUT2D eigenvalue weighted by Crippen LogP contribution is 2.32. The highest BCUT2D eigenvalue weighted by molar-refractivity contribution is 6.08. The molecule has 28 heavy (non-hydrogen) atoms. The zero-order valence-electron chi connectivity index (χ0n) is 14.5. The Morgan fingerprint density at radius 1 is 1.14 bits per heavy atom. The van der Waals surface area contributed by atoms with Crippen LogP contribution in [0.4, 0.5) is 15.9 Å². The fourth-order valence-electron chi connectivity index (χ4n) is 3.04. The quantitative estimate of drug-likeness (QED) is 0.648. The molecule has 0 fully saturated rings. The Morgan fingerprint density at radius 3 is 2.64 bits per heavy atom. The van der Waals surface area contributed by atoms with Crippen molar-refractivity contribution in [2.75, 3.05) is 10.6 Å². The summed E-state index contributed by atoms with van der Waals surface area (Å²) in [6, 6.07) is 14.2. The van der Waals surface area contributed by atoms with E-state index in [0.29, 0.717) is 0 Å². The van der Waals surface area contributed by atoms with Gasteiger partial charge < -0.3 is 15.7 Å². The first kappa shape index (κ1) is 17.5. The molecule has 1 amide bonds. The monoisotopic (exact) mass is 378 g/mol. The molecule has 0 spiro atoms. The van der Waals surface area contributed by atoms with E-state index in [0.717, 1.165) is 5.56 Å². The van der Waals surface area contributed by atoms with Crippen molar-refractivity contribution in [1.29, 1.82) is 0 Å². The molecule has 0 radical (unpaired) electrons. The smallest absolute Gasteiger partial charge is 0.352 e. The largest absolute Gasteiger partial charge is 0.477 e. The summed E-state index contributed by atoms with van der Waals surface area (Å²) in [4.78, 5) is 24.3. The van der Waals surface area contributed by atoms with Gasteiger partial charge in [-0.1, -0.05) is 36.4 Å². The lowest BCUT2D eigenvalue weighted by Crippen LogP contribution is -2.25. The summed E-state index contributed by atoms with van der Waals surface area (Å²) in [6.45, 7) is 0. The van der Waals surface area contributed by atoms with Crippen LogP contribution in [0, 0.1) is 5.82 Å². The van der Waals surface area contributed by atoms with Crippen LogP contribution in [0.15, 0.2) is 72.6 Å². The molecule has 0 saturated carbocycles. The Hall–Kier alpha value is -3.94. The number of aliphatic carboxylic acids is 1. The van der Waals surface area contributed by atoms with E-state index in [1.54, 1.807) is 10.7 Å². The fraction of sp³-hybridized carbons (Fsp3) is 0.0500. The van der Waals surface area contributed by atoms with Crippen molar-refractivity contribution in [3.63, 3.8) is 0 Å². The van der Waals surface area contributed by atoms with Crippen molar-refractivity contribution in [1.82, 2.24) is 9.78 Å². The van der Waals surface area contributed by atoms with Gasteiger partial charge in [-0.2, -0.15) is 5.10 Å². The molecule has 2 aromatic carbocycles. The van der Waals surface area contributed by atoms with Gasteiger partial charge in [-0.15, -0.1) is 0 Å². The third-order valence-electron chi connectivity index (χ3n) is 4.34. The molecule has 4 rings (SSSR count). The van der Waals surface area contributed by atoms with Gasteiger partial charge >= 0.3 is 5.97 Å². The van der Waals surface area contributed by atoms with E-state index < -0.39 is 23.7 Å². The zero-order valence-corrected chi connectivity index (χ0v) is 14.5. The lowest BCUT2D eigenvalue weighted by molar-refractivity contribution is -0.132. The minimum Gasteiger partial charge on any atom is -0.477 e. The summed E-state index contributed by atoms with van der Waals surface area (Å²) in [6.07, 6.45) is 2.89. The number of rotatable bonds is 4. The van der Waals surface area contributed by atoms with E-state index in [1.165, 1.54) is 30.5 Å². The van der Waals surface area contributed by atoms with Gasteiger partial charge in [0.2, 0.25) is 0 Å². The van der Waals surface area contributed by atoms with Crippen LogP contribution in [-0.4, -0.2) is 26.8 Å². The predicted octanol–water partition coefficient (Wildman–Crippen LogP) is 3.26. The van der Waals surface area contributed by atoms with Crippen molar-refractivity contribution < 1.29 is 19.1 Å². The van der Waals surface area contributed by atoms with E-state index >= 15 is 0 Å². The number of benzene rings is 2. The number of nitrogens with zero attached hydrogens (tertiary/aromatic N) is 2. The average Bonchev–Trinajstić information content (AvgIpc) is 3.12. The first-order valence-electron chi connectivity index (χ1n) is 8.44. The molecule has 1 aliphatic rings. The third kappa shape index (κ3) is 3.23. The maximum atomic E-state index is 13.4. The maximum Gasteiger partial charge on any atom is 0.352 e. The molecular weight excluding hydrogens is 363 g/mol. The summed E-state index contributed by atoms with van der Waals surface area (Å²) in [5.74, 6) is -1.90. The number of allylic oxidation sites excluding steroid dienone is 1. The molecule has 3 aromatic rings. The minimum absolute atomic E-state index is 0.0540. The Kier molecular flexibility index (Phi) is 4.36. The molecule has 0 unspecified atom stereocenters. The lowest BCUT2D eigenvalue weighted by atomic mass is 10.0. The normalized spacial score (nSPS) is 15.2. The van der Waals surface area contributed by atoms with Gasteiger partial charge in [0, 0.05) is 5.69 Å². The Balaban J connectivity index is 1.71. The minimum atomic E-state index is -1.15.